The van der Waals surface area contributed by atoms with Gasteiger partial charge in [0.2, 0.25) is 0 Å². The molecular formula is C49H32N4O. The van der Waals surface area contributed by atoms with Crippen LogP contribution in [0.2, 0.25) is 0 Å². The van der Waals surface area contributed by atoms with E-state index in [0.717, 1.165) is 72.0 Å². The van der Waals surface area contributed by atoms with Crippen LogP contribution in [0.3, 0.4) is 0 Å². The van der Waals surface area contributed by atoms with Gasteiger partial charge in [-0.15, -0.1) is 0 Å². The first kappa shape index (κ1) is 31.4. The van der Waals surface area contributed by atoms with Crippen LogP contribution in [-0.4, -0.2) is 15.0 Å². The molecule has 0 unspecified atom stereocenters. The molecule has 2 aromatic heterocycles. The minimum atomic E-state index is 0.551. The number of furan rings is 1. The van der Waals surface area contributed by atoms with Crippen molar-refractivity contribution >= 4 is 49.8 Å². The molecule has 54 heavy (non-hydrogen) atoms. The maximum Gasteiger partial charge on any atom is 0.167 e. The average molecular weight is 693 g/mol. The molecule has 5 heteroatoms. The van der Waals surface area contributed by atoms with Crippen molar-refractivity contribution in [3.8, 4) is 45.3 Å². The molecule has 0 radical (unpaired) electrons. The second-order valence-corrected chi connectivity index (χ2v) is 13.2. The van der Waals surface area contributed by atoms with Crippen molar-refractivity contribution in [1.82, 2.24) is 15.0 Å². The zero-order chi connectivity index (χ0) is 35.8. The number of hydrogen-bond donors (Lipinski definition) is 0. The largest absolute Gasteiger partial charge is 0.453 e. The van der Waals surface area contributed by atoms with Crippen LogP contribution in [0.15, 0.2) is 199 Å². The predicted molar refractivity (Wildman–Crippen MR) is 221 cm³/mol. The number of hydrogen-bond acceptors (Lipinski definition) is 5. The van der Waals surface area contributed by atoms with Gasteiger partial charge in [0.15, 0.2) is 23.1 Å². The first-order valence-corrected chi connectivity index (χ1v) is 18.0. The Morgan fingerprint density at radius 1 is 0.370 bits per heavy atom. The lowest BCUT2D eigenvalue weighted by Crippen LogP contribution is -2.10. The van der Waals surface area contributed by atoms with Crippen LogP contribution < -0.4 is 4.90 Å². The Labute approximate surface area is 312 Å². The Kier molecular flexibility index (Phi) is 7.73. The summed E-state index contributed by atoms with van der Waals surface area (Å²) in [6.45, 7) is 0. The van der Waals surface area contributed by atoms with Crippen LogP contribution in [0.25, 0.3) is 78.0 Å². The van der Waals surface area contributed by atoms with Gasteiger partial charge < -0.3 is 9.32 Å². The van der Waals surface area contributed by atoms with E-state index in [0.29, 0.717) is 17.5 Å². The predicted octanol–water partition coefficient (Wildman–Crippen LogP) is 13.1. The number of benzene rings is 8. The van der Waals surface area contributed by atoms with Gasteiger partial charge in [0, 0.05) is 33.3 Å². The fraction of sp³-hybridized carbons (Fsp3) is 0. The van der Waals surface area contributed by atoms with E-state index in [9.17, 15) is 0 Å². The number of fused-ring (bicyclic) bond motifs is 5. The van der Waals surface area contributed by atoms with Crippen molar-refractivity contribution in [3.63, 3.8) is 0 Å². The molecule has 0 aliphatic rings. The molecule has 0 N–H and O–H groups in total. The summed E-state index contributed by atoms with van der Waals surface area (Å²) in [6.07, 6.45) is 0. The molecule has 254 valence electrons. The van der Waals surface area contributed by atoms with E-state index in [1.807, 2.05) is 72.8 Å². The highest BCUT2D eigenvalue weighted by molar-refractivity contribution is 6.24. The second kappa shape index (κ2) is 13.3. The molecule has 0 bridgehead atoms. The zero-order valence-corrected chi connectivity index (χ0v) is 29.2. The lowest BCUT2D eigenvalue weighted by Gasteiger charge is -2.25. The Balaban J connectivity index is 1.23. The van der Waals surface area contributed by atoms with Crippen molar-refractivity contribution in [2.75, 3.05) is 4.90 Å². The summed E-state index contributed by atoms with van der Waals surface area (Å²) in [4.78, 5) is 17.5. The Bertz CT molecular complexity index is 2850. The first-order chi connectivity index (χ1) is 26.8. The Morgan fingerprint density at radius 2 is 0.870 bits per heavy atom. The van der Waals surface area contributed by atoms with Crippen LogP contribution in [0.4, 0.5) is 17.1 Å². The first-order valence-electron chi connectivity index (χ1n) is 18.0. The monoisotopic (exact) mass is 692 g/mol. The third-order valence-electron chi connectivity index (χ3n) is 9.90. The molecule has 2 heterocycles. The fourth-order valence-corrected chi connectivity index (χ4v) is 7.34. The second-order valence-electron chi connectivity index (χ2n) is 13.2. The molecule has 0 atom stereocenters. The van der Waals surface area contributed by atoms with E-state index in [4.69, 9.17) is 19.4 Å². The number of aromatic nitrogens is 3. The fourth-order valence-electron chi connectivity index (χ4n) is 7.34. The summed E-state index contributed by atoms with van der Waals surface area (Å²) in [6, 6.07) is 66.8. The van der Waals surface area contributed by atoms with E-state index >= 15 is 0 Å². The van der Waals surface area contributed by atoms with Gasteiger partial charge in [0.25, 0.3) is 0 Å². The molecule has 0 saturated heterocycles. The van der Waals surface area contributed by atoms with E-state index in [1.165, 1.54) is 5.56 Å². The molecule has 0 spiro atoms. The highest BCUT2D eigenvalue weighted by Crippen LogP contribution is 2.46. The molecule has 0 fully saturated rings. The van der Waals surface area contributed by atoms with Gasteiger partial charge in [-0.05, 0) is 58.3 Å². The number of para-hydroxylation sites is 2. The molecule has 8 aromatic carbocycles. The van der Waals surface area contributed by atoms with E-state index in [-0.39, 0.29) is 0 Å². The third kappa shape index (κ3) is 5.56. The molecule has 5 nitrogen and oxygen atoms in total. The summed E-state index contributed by atoms with van der Waals surface area (Å²) >= 11 is 0. The minimum absolute atomic E-state index is 0.551. The normalized spacial score (nSPS) is 11.3. The van der Waals surface area contributed by atoms with Gasteiger partial charge in [0.1, 0.15) is 5.58 Å². The molecule has 0 amide bonds. The average Bonchev–Trinajstić information content (AvgIpc) is 3.66. The van der Waals surface area contributed by atoms with Crippen LogP contribution in [0.1, 0.15) is 0 Å². The quantitative estimate of drug-likeness (QED) is 0.166. The van der Waals surface area contributed by atoms with Gasteiger partial charge in [0.05, 0.1) is 11.3 Å². The number of rotatable bonds is 7. The van der Waals surface area contributed by atoms with Crippen molar-refractivity contribution in [1.29, 1.82) is 0 Å². The van der Waals surface area contributed by atoms with E-state index in [2.05, 4.69) is 126 Å². The van der Waals surface area contributed by atoms with Crippen molar-refractivity contribution in [2.45, 2.75) is 0 Å². The molecule has 0 aliphatic carbocycles. The standard InChI is InChI=1S/C49H32N4O/c1-5-16-33(17-6-1)34-28-30-39(31-29-34)53(38-23-11-4-12-24-38)43-27-15-26-41-44-40-25-14-13-22-37(40)32-42(46(44)54-45(41)43)49-51-47(35-18-7-2-8-19-35)50-48(52-49)36-20-9-3-10-21-36/h1-32H. The van der Waals surface area contributed by atoms with Crippen molar-refractivity contribution in [3.05, 3.63) is 194 Å². The van der Waals surface area contributed by atoms with Crippen molar-refractivity contribution in [2.24, 2.45) is 0 Å². The van der Waals surface area contributed by atoms with Crippen LogP contribution >= 0.6 is 0 Å². The van der Waals surface area contributed by atoms with E-state index in [1.54, 1.807) is 0 Å². The highest BCUT2D eigenvalue weighted by atomic mass is 16.3. The van der Waals surface area contributed by atoms with Gasteiger partial charge in [-0.3, -0.25) is 0 Å². The Hall–Kier alpha value is -7.37. The SMILES string of the molecule is c1ccc(-c2ccc(N(c3ccccc3)c3cccc4c3oc3c(-c5nc(-c6ccccc6)nc(-c6ccccc6)n5)cc5ccccc5c34)cc2)cc1. The van der Waals surface area contributed by atoms with Crippen LogP contribution in [-0.2, 0) is 0 Å². The van der Waals surface area contributed by atoms with Gasteiger partial charge in [-0.25, -0.2) is 15.0 Å². The van der Waals surface area contributed by atoms with Crippen LogP contribution in [0, 0.1) is 0 Å². The molecular weight excluding hydrogens is 661 g/mol. The summed E-state index contributed by atoms with van der Waals surface area (Å²) in [5.74, 6) is 1.76. The maximum atomic E-state index is 7.14. The highest BCUT2D eigenvalue weighted by Gasteiger charge is 2.24. The zero-order valence-electron chi connectivity index (χ0n) is 29.2. The lowest BCUT2D eigenvalue weighted by atomic mass is 9.99. The molecule has 0 saturated carbocycles. The summed E-state index contributed by atoms with van der Waals surface area (Å²) in [7, 11) is 0. The van der Waals surface area contributed by atoms with E-state index < -0.39 is 0 Å². The maximum absolute atomic E-state index is 7.14. The number of anilines is 3. The van der Waals surface area contributed by atoms with Crippen molar-refractivity contribution < 1.29 is 4.42 Å². The topological polar surface area (TPSA) is 55.1 Å². The molecule has 10 aromatic rings. The molecule has 10 rings (SSSR count). The van der Waals surface area contributed by atoms with Gasteiger partial charge >= 0.3 is 0 Å². The molecule has 0 aliphatic heterocycles. The summed E-state index contributed by atoms with van der Waals surface area (Å²) < 4.78 is 7.14. The summed E-state index contributed by atoms with van der Waals surface area (Å²) in [5, 5.41) is 4.22. The minimum Gasteiger partial charge on any atom is -0.453 e. The third-order valence-corrected chi connectivity index (χ3v) is 9.90. The smallest absolute Gasteiger partial charge is 0.167 e. The lowest BCUT2D eigenvalue weighted by molar-refractivity contribution is 0.670. The van der Waals surface area contributed by atoms with Gasteiger partial charge in [-0.1, -0.05) is 158 Å². The Morgan fingerprint density at radius 3 is 1.52 bits per heavy atom. The summed E-state index contributed by atoms with van der Waals surface area (Å²) in [5.41, 5.74) is 9.47. The van der Waals surface area contributed by atoms with Crippen LogP contribution in [0.5, 0.6) is 0 Å². The van der Waals surface area contributed by atoms with Gasteiger partial charge in [-0.2, -0.15) is 0 Å². The number of nitrogens with zero attached hydrogens (tertiary/aromatic N) is 4.